The molecule has 2 fully saturated rings. The van der Waals surface area contributed by atoms with E-state index in [1.807, 2.05) is 54.3 Å². The first kappa shape index (κ1) is 17.0. The first-order valence-electron chi connectivity index (χ1n) is 9.03. The van der Waals surface area contributed by atoms with Gasteiger partial charge in [0.05, 0.1) is 18.1 Å². The molecular weight excluding hydrogens is 330 g/mol. The summed E-state index contributed by atoms with van der Waals surface area (Å²) in [5.41, 5.74) is 1.28. The summed E-state index contributed by atoms with van der Waals surface area (Å²) < 4.78 is 6.13. The minimum atomic E-state index is -0.960. The number of ether oxygens (including phenoxy) is 1. The summed E-state index contributed by atoms with van der Waals surface area (Å²) in [5, 5.41) is 9.66. The first-order valence-corrected chi connectivity index (χ1v) is 9.03. The van der Waals surface area contributed by atoms with E-state index in [2.05, 4.69) is 6.58 Å². The van der Waals surface area contributed by atoms with Gasteiger partial charge in [0.25, 0.3) is 0 Å². The third-order valence-corrected chi connectivity index (χ3v) is 5.84. The van der Waals surface area contributed by atoms with E-state index in [4.69, 9.17) is 4.74 Å². The number of fused-ring (bicyclic) bond motifs is 1. The van der Waals surface area contributed by atoms with E-state index in [-0.39, 0.29) is 11.9 Å². The van der Waals surface area contributed by atoms with Crippen molar-refractivity contribution < 1.29 is 19.4 Å². The second-order valence-corrected chi connectivity index (χ2v) is 7.58. The summed E-state index contributed by atoms with van der Waals surface area (Å²) in [6, 6.07) is 9.80. The monoisotopic (exact) mass is 353 g/mol. The zero-order chi connectivity index (χ0) is 18.5. The largest absolute Gasteiger partial charge is 0.481 e. The van der Waals surface area contributed by atoms with E-state index in [1.165, 1.54) is 0 Å². The van der Waals surface area contributed by atoms with Gasteiger partial charge in [-0.2, -0.15) is 0 Å². The molecule has 2 bridgehead atoms. The second-order valence-electron chi connectivity index (χ2n) is 7.58. The van der Waals surface area contributed by atoms with Gasteiger partial charge in [-0.3, -0.25) is 9.59 Å². The molecule has 2 unspecified atom stereocenters. The smallest absolute Gasteiger partial charge is 0.310 e. The lowest BCUT2D eigenvalue weighted by Gasteiger charge is -2.33. The number of amides is 1. The van der Waals surface area contributed by atoms with Crippen molar-refractivity contribution in [3.8, 4) is 0 Å². The highest BCUT2D eigenvalue weighted by Gasteiger charge is 2.70. The zero-order valence-electron chi connectivity index (χ0n) is 14.8. The van der Waals surface area contributed by atoms with E-state index in [9.17, 15) is 14.7 Å². The maximum absolute atomic E-state index is 13.2. The Morgan fingerprint density at radius 2 is 2.08 bits per heavy atom. The van der Waals surface area contributed by atoms with Gasteiger partial charge in [-0.05, 0) is 25.3 Å². The van der Waals surface area contributed by atoms with Crippen LogP contribution < -0.4 is 0 Å². The molecule has 26 heavy (non-hydrogen) atoms. The van der Waals surface area contributed by atoms with Crippen molar-refractivity contribution in [3.63, 3.8) is 0 Å². The van der Waals surface area contributed by atoms with Crippen LogP contribution in [0.2, 0.25) is 0 Å². The Morgan fingerprint density at radius 1 is 1.35 bits per heavy atom. The van der Waals surface area contributed by atoms with Crippen LogP contribution in [0.5, 0.6) is 0 Å². The van der Waals surface area contributed by atoms with Crippen molar-refractivity contribution in [2.75, 3.05) is 6.54 Å². The normalized spacial score (nSPS) is 34.3. The van der Waals surface area contributed by atoms with Crippen molar-refractivity contribution >= 4 is 11.9 Å². The second kappa shape index (κ2) is 6.09. The van der Waals surface area contributed by atoms with Gasteiger partial charge in [0, 0.05) is 6.54 Å². The van der Waals surface area contributed by atoms with Crippen LogP contribution in [0.4, 0.5) is 0 Å². The number of benzene rings is 1. The molecule has 1 aromatic rings. The molecule has 2 saturated heterocycles. The molecule has 0 aliphatic carbocycles. The van der Waals surface area contributed by atoms with Crippen LogP contribution in [0.3, 0.4) is 0 Å². The average molecular weight is 353 g/mol. The predicted octanol–water partition coefficient (Wildman–Crippen LogP) is 2.43. The van der Waals surface area contributed by atoms with Gasteiger partial charge in [0.2, 0.25) is 5.91 Å². The number of carbonyl (C=O) groups is 2. The van der Waals surface area contributed by atoms with Gasteiger partial charge >= 0.3 is 5.97 Å². The van der Waals surface area contributed by atoms with Crippen LogP contribution in [0.1, 0.15) is 18.9 Å². The van der Waals surface area contributed by atoms with Crippen molar-refractivity contribution in [2.45, 2.75) is 37.5 Å². The minimum absolute atomic E-state index is 0.105. The fourth-order valence-corrected chi connectivity index (χ4v) is 4.76. The van der Waals surface area contributed by atoms with Crippen LogP contribution >= 0.6 is 0 Å². The van der Waals surface area contributed by atoms with Crippen LogP contribution in [0, 0.1) is 11.8 Å². The predicted molar refractivity (Wildman–Crippen MR) is 96.4 cm³/mol. The lowest BCUT2D eigenvalue weighted by Crippen LogP contribution is -2.45. The Balaban J connectivity index is 1.65. The fraction of sp³-hybridized carbons (Fsp3) is 0.429. The molecule has 1 N–H and O–H groups in total. The van der Waals surface area contributed by atoms with Crippen LogP contribution in [-0.2, 0) is 20.7 Å². The molecule has 0 saturated carbocycles. The number of carboxylic acid groups (broad SMARTS) is 1. The Hall–Kier alpha value is -2.40. The van der Waals surface area contributed by atoms with Gasteiger partial charge in [-0.15, -0.1) is 6.58 Å². The minimum Gasteiger partial charge on any atom is -0.481 e. The number of carbonyl (C=O) groups excluding carboxylic acids is 1. The highest BCUT2D eigenvalue weighted by Crippen LogP contribution is 2.55. The Kier molecular flexibility index (Phi) is 3.99. The van der Waals surface area contributed by atoms with Gasteiger partial charge < -0.3 is 14.7 Å². The molecule has 5 nitrogen and oxygen atoms in total. The van der Waals surface area contributed by atoms with Crippen molar-refractivity contribution in [2.24, 2.45) is 11.8 Å². The summed E-state index contributed by atoms with van der Waals surface area (Å²) in [4.78, 5) is 26.8. The number of aliphatic carboxylic acids is 1. The van der Waals surface area contributed by atoms with E-state index >= 15 is 0 Å². The topological polar surface area (TPSA) is 66.8 Å². The Morgan fingerprint density at radius 3 is 2.73 bits per heavy atom. The van der Waals surface area contributed by atoms with Crippen molar-refractivity contribution in [1.82, 2.24) is 4.90 Å². The maximum Gasteiger partial charge on any atom is 0.310 e. The number of nitrogens with zero attached hydrogens (tertiary/aromatic N) is 1. The number of rotatable bonds is 6. The molecule has 1 amide bonds. The quantitative estimate of drug-likeness (QED) is 0.798. The molecule has 0 radical (unpaired) electrons. The van der Waals surface area contributed by atoms with Crippen LogP contribution in [0.15, 0.2) is 54.6 Å². The molecule has 136 valence electrons. The Bertz CT molecular complexity index is 786. The van der Waals surface area contributed by atoms with E-state index < -0.39 is 29.5 Å². The fourth-order valence-electron chi connectivity index (χ4n) is 4.76. The summed E-state index contributed by atoms with van der Waals surface area (Å²) >= 11 is 0. The molecule has 5 heteroatoms. The molecule has 3 heterocycles. The van der Waals surface area contributed by atoms with E-state index in [1.54, 1.807) is 0 Å². The van der Waals surface area contributed by atoms with Gasteiger partial charge in [-0.1, -0.05) is 48.1 Å². The van der Waals surface area contributed by atoms with E-state index in [0.29, 0.717) is 13.0 Å². The molecule has 5 atom stereocenters. The number of carboxylic acids is 1. The summed E-state index contributed by atoms with van der Waals surface area (Å²) in [6.45, 7) is 6.49. The van der Waals surface area contributed by atoms with Gasteiger partial charge in [0.1, 0.15) is 11.5 Å². The highest BCUT2D eigenvalue weighted by molar-refractivity contribution is 5.91. The zero-order valence-corrected chi connectivity index (χ0v) is 14.8. The van der Waals surface area contributed by atoms with Crippen LogP contribution in [0.25, 0.3) is 0 Å². The molecular formula is C21H23NO4. The van der Waals surface area contributed by atoms with Crippen LogP contribution in [-0.4, -0.2) is 46.2 Å². The molecule has 0 aromatic heterocycles. The molecule has 4 rings (SSSR count). The first-order chi connectivity index (χ1) is 12.4. The third kappa shape index (κ3) is 2.42. The summed E-state index contributed by atoms with van der Waals surface area (Å²) in [5.74, 6) is -2.51. The average Bonchev–Trinajstić information content (AvgIpc) is 3.24. The molecule has 1 aromatic carbocycles. The molecule has 3 aliphatic rings. The lowest BCUT2D eigenvalue weighted by molar-refractivity contribution is -0.148. The number of likely N-dealkylation sites (tertiary alicyclic amines) is 1. The number of hydrogen-bond donors (Lipinski definition) is 1. The summed E-state index contributed by atoms with van der Waals surface area (Å²) in [6.07, 6.45) is 4.57. The maximum atomic E-state index is 13.2. The van der Waals surface area contributed by atoms with Gasteiger partial charge in [-0.25, -0.2) is 0 Å². The molecule has 1 spiro atoms. The highest BCUT2D eigenvalue weighted by atomic mass is 16.5. The third-order valence-electron chi connectivity index (χ3n) is 5.84. The SMILES string of the molecule is C=C(C)CC1N(CCc2ccccc2)C(=O)[C@@H]2C(C(=O)O)[C@H]3C=C[C@@]12O3. The lowest BCUT2D eigenvalue weighted by atomic mass is 9.74. The number of hydrogen-bond acceptors (Lipinski definition) is 3. The van der Waals surface area contributed by atoms with E-state index in [0.717, 1.165) is 17.6 Å². The van der Waals surface area contributed by atoms with Crippen molar-refractivity contribution in [3.05, 3.63) is 60.2 Å². The molecule has 3 aliphatic heterocycles. The standard InChI is InChI=1S/C21H23NO4/c1-13(2)12-16-21-10-8-15(26-21)17(20(24)25)18(21)19(23)22(16)11-9-14-6-4-3-5-7-14/h3-8,10,15-18H,1,9,11-12H2,2H3,(H,24,25)/t15-,16?,17?,18+,21-/m1/s1. The Labute approximate surface area is 152 Å². The van der Waals surface area contributed by atoms with Crippen molar-refractivity contribution in [1.29, 1.82) is 0 Å². The summed E-state index contributed by atoms with van der Waals surface area (Å²) in [7, 11) is 0. The van der Waals surface area contributed by atoms with Gasteiger partial charge in [0.15, 0.2) is 0 Å².